The number of hydrogen-bond acceptors (Lipinski definition) is 4. The van der Waals surface area contributed by atoms with E-state index in [9.17, 15) is 9.59 Å². The Labute approximate surface area is 198 Å². The Balaban J connectivity index is 1.59. The second-order valence-corrected chi connectivity index (χ2v) is 9.17. The first-order valence-electron chi connectivity index (χ1n) is 11.6. The molecule has 0 unspecified atom stereocenters. The van der Waals surface area contributed by atoms with Gasteiger partial charge < -0.3 is 19.3 Å². The number of benzene rings is 3. The fraction of sp³-hybridized carbons (Fsp3) is 0.286. The molecule has 6 rings (SSSR count). The van der Waals surface area contributed by atoms with Crippen LogP contribution in [0.4, 0.5) is 0 Å². The molecule has 1 saturated heterocycles. The Hall–Kier alpha value is -3.80. The highest BCUT2D eigenvalue weighted by Gasteiger charge is 2.63. The van der Waals surface area contributed by atoms with Gasteiger partial charge in [-0.1, -0.05) is 48.5 Å². The van der Waals surface area contributed by atoms with Crippen LogP contribution in [0.25, 0.3) is 0 Å². The molecule has 0 radical (unpaired) electrons. The molecule has 3 aliphatic heterocycles. The van der Waals surface area contributed by atoms with Crippen molar-refractivity contribution in [3.05, 3.63) is 94.5 Å². The van der Waals surface area contributed by atoms with Gasteiger partial charge in [0.1, 0.15) is 5.54 Å². The van der Waals surface area contributed by atoms with E-state index in [1.165, 1.54) is 0 Å². The molecule has 0 bridgehead atoms. The van der Waals surface area contributed by atoms with Gasteiger partial charge in [-0.2, -0.15) is 0 Å². The van der Waals surface area contributed by atoms with E-state index < -0.39 is 5.54 Å². The molecule has 172 valence electrons. The maximum absolute atomic E-state index is 13.8. The molecule has 2 amide bonds. The second kappa shape index (κ2) is 7.62. The SMILES string of the molecule is COc1cc2c(cc1OC)[C@@H]1N(CC2)C(=O)C[C@]12c1ccccc1C(=O)N2Cc1ccccc1. The van der Waals surface area contributed by atoms with E-state index in [1.54, 1.807) is 14.2 Å². The van der Waals surface area contributed by atoms with Crippen LogP contribution in [0.15, 0.2) is 66.7 Å². The van der Waals surface area contributed by atoms with Gasteiger partial charge in [0.2, 0.25) is 5.91 Å². The summed E-state index contributed by atoms with van der Waals surface area (Å²) in [6.45, 7) is 1.05. The van der Waals surface area contributed by atoms with E-state index in [1.807, 2.05) is 76.5 Å². The molecule has 3 aromatic carbocycles. The minimum atomic E-state index is -0.782. The molecule has 3 heterocycles. The summed E-state index contributed by atoms with van der Waals surface area (Å²) in [5.74, 6) is 1.36. The van der Waals surface area contributed by atoms with Crippen LogP contribution in [0.3, 0.4) is 0 Å². The maximum Gasteiger partial charge on any atom is 0.255 e. The zero-order valence-electron chi connectivity index (χ0n) is 19.3. The second-order valence-electron chi connectivity index (χ2n) is 9.17. The van der Waals surface area contributed by atoms with Gasteiger partial charge in [-0.25, -0.2) is 0 Å². The van der Waals surface area contributed by atoms with Crippen LogP contribution in [0, 0.1) is 0 Å². The third-order valence-electron chi connectivity index (χ3n) is 7.60. The highest BCUT2D eigenvalue weighted by Crippen LogP contribution is 2.59. The van der Waals surface area contributed by atoms with Crippen molar-refractivity contribution < 1.29 is 19.1 Å². The number of methoxy groups -OCH3 is 2. The maximum atomic E-state index is 13.8. The number of amides is 2. The van der Waals surface area contributed by atoms with Crippen molar-refractivity contribution >= 4 is 11.8 Å². The Morgan fingerprint density at radius 1 is 0.941 bits per heavy atom. The van der Waals surface area contributed by atoms with Gasteiger partial charge in [-0.05, 0) is 46.9 Å². The lowest BCUT2D eigenvalue weighted by atomic mass is 9.76. The number of hydrogen-bond donors (Lipinski definition) is 0. The van der Waals surface area contributed by atoms with Crippen molar-refractivity contribution in [3.8, 4) is 11.5 Å². The van der Waals surface area contributed by atoms with Crippen molar-refractivity contribution in [3.63, 3.8) is 0 Å². The molecule has 0 aliphatic carbocycles. The summed E-state index contributed by atoms with van der Waals surface area (Å²) in [7, 11) is 3.25. The van der Waals surface area contributed by atoms with E-state index in [4.69, 9.17) is 9.47 Å². The van der Waals surface area contributed by atoms with E-state index >= 15 is 0 Å². The summed E-state index contributed by atoms with van der Waals surface area (Å²) in [5, 5.41) is 0. The molecule has 6 nitrogen and oxygen atoms in total. The normalized spacial score (nSPS) is 22.6. The van der Waals surface area contributed by atoms with Crippen molar-refractivity contribution in [2.75, 3.05) is 20.8 Å². The van der Waals surface area contributed by atoms with Crippen LogP contribution >= 0.6 is 0 Å². The van der Waals surface area contributed by atoms with Crippen LogP contribution in [-0.2, 0) is 23.3 Å². The lowest BCUT2D eigenvalue weighted by molar-refractivity contribution is -0.129. The molecule has 0 N–H and O–H groups in total. The first-order valence-corrected chi connectivity index (χ1v) is 11.6. The summed E-state index contributed by atoms with van der Waals surface area (Å²) in [4.78, 5) is 31.2. The molecule has 1 fully saturated rings. The Kier molecular flexibility index (Phi) is 4.66. The van der Waals surface area contributed by atoms with E-state index in [-0.39, 0.29) is 24.3 Å². The van der Waals surface area contributed by atoms with Crippen LogP contribution in [0.2, 0.25) is 0 Å². The van der Waals surface area contributed by atoms with Crippen molar-refractivity contribution in [1.82, 2.24) is 9.80 Å². The summed E-state index contributed by atoms with van der Waals surface area (Å²) in [5.41, 5.74) is 4.02. The summed E-state index contributed by atoms with van der Waals surface area (Å²) in [6.07, 6.45) is 1.00. The predicted molar refractivity (Wildman–Crippen MR) is 127 cm³/mol. The topological polar surface area (TPSA) is 59.1 Å². The minimum absolute atomic E-state index is 0.0262. The minimum Gasteiger partial charge on any atom is -0.493 e. The monoisotopic (exact) mass is 454 g/mol. The third-order valence-corrected chi connectivity index (χ3v) is 7.60. The smallest absolute Gasteiger partial charge is 0.255 e. The highest BCUT2D eigenvalue weighted by atomic mass is 16.5. The molecular formula is C28H26N2O4. The van der Waals surface area contributed by atoms with E-state index in [0.29, 0.717) is 30.2 Å². The summed E-state index contributed by atoms with van der Waals surface area (Å²) >= 11 is 0. The van der Waals surface area contributed by atoms with Gasteiger partial charge in [-0.3, -0.25) is 9.59 Å². The van der Waals surface area contributed by atoms with Crippen molar-refractivity contribution in [2.45, 2.75) is 31.0 Å². The number of carbonyl (C=O) groups is 2. The van der Waals surface area contributed by atoms with E-state index in [2.05, 4.69) is 0 Å². The number of carbonyl (C=O) groups excluding carboxylic acids is 2. The number of nitrogens with zero attached hydrogens (tertiary/aromatic N) is 2. The Morgan fingerprint density at radius 3 is 2.41 bits per heavy atom. The van der Waals surface area contributed by atoms with Crippen molar-refractivity contribution in [1.29, 1.82) is 0 Å². The highest BCUT2D eigenvalue weighted by molar-refractivity contribution is 6.02. The predicted octanol–water partition coefficient (Wildman–Crippen LogP) is 4.08. The van der Waals surface area contributed by atoms with Gasteiger partial charge in [-0.15, -0.1) is 0 Å². The lowest BCUT2D eigenvalue weighted by Crippen LogP contribution is -2.49. The van der Waals surface area contributed by atoms with Crippen LogP contribution in [-0.4, -0.2) is 42.4 Å². The fourth-order valence-electron chi connectivity index (χ4n) is 6.14. The van der Waals surface area contributed by atoms with Crippen LogP contribution in [0.5, 0.6) is 11.5 Å². The first kappa shape index (κ1) is 20.8. The fourth-order valence-corrected chi connectivity index (χ4v) is 6.14. The van der Waals surface area contributed by atoms with Gasteiger partial charge in [0.25, 0.3) is 5.91 Å². The zero-order chi connectivity index (χ0) is 23.4. The lowest BCUT2D eigenvalue weighted by Gasteiger charge is -2.45. The quantitative estimate of drug-likeness (QED) is 0.596. The van der Waals surface area contributed by atoms with E-state index in [0.717, 1.165) is 28.7 Å². The van der Waals surface area contributed by atoms with Gasteiger partial charge in [0, 0.05) is 18.7 Å². The molecule has 0 saturated carbocycles. The number of fused-ring (bicyclic) bond motifs is 6. The average molecular weight is 455 g/mol. The summed E-state index contributed by atoms with van der Waals surface area (Å²) in [6, 6.07) is 21.5. The molecule has 3 aliphatic rings. The molecule has 0 aromatic heterocycles. The Bertz CT molecular complexity index is 1310. The van der Waals surface area contributed by atoms with Crippen LogP contribution < -0.4 is 9.47 Å². The summed E-state index contributed by atoms with van der Waals surface area (Å²) < 4.78 is 11.2. The molecule has 1 spiro atoms. The van der Waals surface area contributed by atoms with Crippen molar-refractivity contribution in [2.24, 2.45) is 0 Å². The van der Waals surface area contributed by atoms with Gasteiger partial charge >= 0.3 is 0 Å². The molecule has 34 heavy (non-hydrogen) atoms. The molecular weight excluding hydrogens is 428 g/mol. The number of ether oxygens (including phenoxy) is 2. The van der Waals surface area contributed by atoms with Crippen LogP contribution in [0.1, 0.15) is 45.1 Å². The third kappa shape index (κ3) is 2.74. The molecule has 6 heteroatoms. The molecule has 2 atom stereocenters. The van der Waals surface area contributed by atoms with Gasteiger partial charge in [0.05, 0.1) is 26.7 Å². The number of rotatable bonds is 4. The first-order chi connectivity index (χ1) is 16.6. The Morgan fingerprint density at radius 2 is 1.65 bits per heavy atom. The largest absolute Gasteiger partial charge is 0.493 e. The zero-order valence-corrected chi connectivity index (χ0v) is 19.3. The average Bonchev–Trinajstić information content (AvgIpc) is 3.31. The standard InChI is InChI=1S/C28H26N2O4/c1-33-23-14-19-12-13-29-25(31)16-28(26(29)21(19)15-24(23)34-2)22-11-7-6-10-20(22)27(32)30(28)17-18-8-4-3-5-9-18/h3-11,14-15,26H,12-13,16-17H2,1-2H3/t26-,28-/m0/s1. The molecule has 3 aromatic rings. The van der Waals surface area contributed by atoms with Gasteiger partial charge in [0.15, 0.2) is 11.5 Å².